The zero-order valence-corrected chi connectivity index (χ0v) is 10.2. The molecule has 0 bridgehead atoms. The molecule has 0 aliphatic carbocycles. The van der Waals surface area contributed by atoms with Gasteiger partial charge in [0.15, 0.2) is 0 Å². The van der Waals surface area contributed by atoms with E-state index in [0.29, 0.717) is 23.0 Å². The Morgan fingerprint density at radius 1 is 1.44 bits per heavy atom. The van der Waals surface area contributed by atoms with Gasteiger partial charge in [-0.2, -0.15) is 5.26 Å². The summed E-state index contributed by atoms with van der Waals surface area (Å²) < 4.78 is 0. The summed E-state index contributed by atoms with van der Waals surface area (Å²) in [5.41, 5.74) is 6.53. The molecule has 2 unspecified atom stereocenters. The lowest BCUT2D eigenvalue weighted by molar-refractivity contribution is 0.0172. The standard InChI is InChI=1S/C11H13BrN2O2/c12-5-4-10(15)11(16)7-2-1-3-9(14)8(7)6-13/h1-3,10-11,15-16H,4-5,14H2. The van der Waals surface area contributed by atoms with E-state index >= 15 is 0 Å². The van der Waals surface area contributed by atoms with Crippen LogP contribution in [0.15, 0.2) is 18.2 Å². The highest BCUT2D eigenvalue weighted by Gasteiger charge is 2.21. The van der Waals surface area contributed by atoms with Gasteiger partial charge >= 0.3 is 0 Å². The number of nitrogens with two attached hydrogens (primary N) is 1. The summed E-state index contributed by atoms with van der Waals surface area (Å²) >= 11 is 3.18. The lowest BCUT2D eigenvalue weighted by Gasteiger charge is -2.18. The van der Waals surface area contributed by atoms with E-state index < -0.39 is 12.2 Å². The molecule has 1 aromatic rings. The summed E-state index contributed by atoms with van der Waals surface area (Å²) in [6.45, 7) is 0. The fourth-order valence-electron chi connectivity index (χ4n) is 1.44. The second-order valence-corrected chi connectivity index (χ2v) is 4.21. The molecular weight excluding hydrogens is 272 g/mol. The lowest BCUT2D eigenvalue weighted by Crippen LogP contribution is -2.19. The molecule has 16 heavy (non-hydrogen) atoms. The molecule has 0 saturated heterocycles. The zero-order chi connectivity index (χ0) is 12.1. The summed E-state index contributed by atoms with van der Waals surface area (Å²) in [7, 11) is 0. The summed E-state index contributed by atoms with van der Waals surface area (Å²) in [4.78, 5) is 0. The van der Waals surface area contributed by atoms with E-state index in [9.17, 15) is 10.2 Å². The average Bonchev–Trinajstić information content (AvgIpc) is 2.28. The molecule has 0 aliphatic rings. The Balaban J connectivity index is 3.04. The van der Waals surface area contributed by atoms with Crippen LogP contribution in [0.25, 0.3) is 0 Å². The van der Waals surface area contributed by atoms with Crippen LogP contribution in [0.4, 0.5) is 5.69 Å². The first-order valence-electron chi connectivity index (χ1n) is 4.82. The largest absolute Gasteiger partial charge is 0.398 e. The number of aliphatic hydroxyl groups is 2. The van der Waals surface area contributed by atoms with Crippen molar-refractivity contribution >= 4 is 21.6 Å². The zero-order valence-electron chi connectivity index (χ0n) is 8.60. The van der Waals surface area contributed by atoms with Crippen molar-refractivity contribution in [3.8, 4) is 6.07 Å². The fourth-order valence-corrected chi connectivity index (χ4v) is 1.91. The van der Waals surface area contributed by atoms with E-state index in [-0.39, 0.29) is 5.56 Å². The van der Waals surface area contributed by atoms with Crippen molar-refractivity contribution in [1.29, 1.82) is 5.26 Å². The minimum absolute atomic E-state index is 0.226. The maximum atomic E-state index is 9.88. The Morgan fingerprint density at radius 2 is 2.12 bits per heavy atom. The van der Waals surface area contributed by atoms with Gasteiger partial charge in [-0.3, -0.25) is 0 Å². The molecule has 4 nitrogen and oxygen atoms in total. The summed E-state index contributed by atoms with van der Waals surface area (Å²) in [6.07, 6.45) is -1.59. The molecule has 0 aromatic heterocycles. The molecule has 1 rings (SSSR count). The monoisotopic (exact) mass is 284 g/mol. The number of hydrogen-bond acceptors (Lipinski definition) is 4. The van der Waals surface area contributed by atoms with E-state index in [4.69, 9.17) is 11.0 Å². The van der Waals surface area contributed by atoms with Gasteiger partial charge in [-0.25, -0.2) is 0 Å². The van der Waals surface area contributed by atoms with Crippen molar-refractivity contribution in [1.82, 2.24) is 0 Å². The maximum Gasteiger partial charge on any atom is 0.106 e. The summed E-state index contributed by atoms with van der Waals surface area (Å²) in [5.74, 6) is 0. The predicted octanol–water partition coefficient (Wildman–Crippen LogP) is 1.32. The Morgan fingerprint density at radius 3 is 2.69 bits per heavy atom. The first kappa shape index (κ1) is 13.0. The van der Waals surface area contributed by atoms with Crippen LogP contribution in [-0.2, 0) is 0 Å². The van der Waals surface area contributed by atoms with Crippen LogP contribution in [-0.4, -0.2) is 21.6 Å². The van der Waals surface area contributed by atoms with Crippen molar-refractivity contribution in [3.05, 3.63) is 29.3 Å². The second kappa shape index (κ2) is 5.85. The fraction of sp³-hybridized carbons (Fsp3) is 0.364. The molecule has 2 atom stereocenters. The van der Waals surface area contributed by atoms with Gasteiger partial charge in [0, 0.05) is 16.6 Å². The molecule has 0 spiro atoms. The highest BCUT2D eigenvalue weighted by Crippen LogP contribution is 2.26. The molecule has 4 N–H and O–H groups in total. The van der Waals surface area contributed by atoms with Gasteiger partial charge in [-0.15, -0.1) is 0 Å². The van der Waals surface area contributed by atoms with Crippen molar-refractivity contribution in [2.24, 2.45) is 0 Å². The number of anilines is 1. The SMILES string of the molecule is N#Cc1c(N)cccc1C(O)C(O)CCBr. The highest BCUT2D eigenvalue weighted by atomic mass is 79.9. The number of hydrogen-bond donors (Lipinski definition) is 3. The third-order valence-corrected chi connectivity index (χ3v) is 2.79. The van der Waals surface area contributed by atoms with E-state index in [1.165, 1.54) is 0 Å². The molecule has 5 heteroatoms. The first-order chi connectivity index (χ1) is 7.61. The molecule has 0 saturated carbocycles. The van der Waals surface area contributed by atoms with Crippen molar-refractivity contribution in [3.63, 3.8) is 0 Å². The molecular formula is C11H13BrN2O2. The van der Waals surface area contributed by atoms with Crippen LogP contribution in [0.1, 0.15) is 23.7 Å². The molecule has 1 aromatic carbocycles. The maximum absolute atomic E-state index is 9.88. The van der Waals surface area contributed by atoms with Crippen LogP contribution in [0.2, 0.25) is 0 Å². The lowest BCUT2D eigenvalue weighted by atomic mass is 9.97. The number of aliphatic hydroxyl groups excluding tert-OH is 2. The predicted molar refractivity (Wildman–Crippen MR) is 64.9 cm³/mol. The van der Waals surface area contributed by atoms with Crippen LogP contribution in [0, 0.1) is 11.3 Å². The number of halogens is 1. The van der Waals surface area contributed by atoms with E-state index in [0.717, 1.165) is 0 Å². The second-order valence-electron chi connectivity index (χ2n) is 3.41. The number of nitrogen functional groups attached to an aromatic ring is 1. The summed E-state index contributed by atoms with van der Waals surface area (Å²) in [5, 5.41) is 29.0. The number of nitriles is 1. The molecule has 0 radical (unpaired) electrons. The molecule has 0 fully saturated rings. The average molecular weight is 285 g/mol. The Hall–Kier alpha value is -1.09. The first-order valence-corrected chi connectivity index (χ1v) is 5.94. The molecule has 0 amide bonds. The molecule has 0 heterocycles. The van der Waals surface area contributed by atoms with Crippen LogP contribution in [0.5, 0.6) is 0 Å². The van der Waals surface area contributed by atoms with Crippen molar-refractivity contribution < 1.29 is 10.2 Å². The normalized spacial score (nSPS) is 14.1. The molecule has 86 valence electrons. The van der Waals surface area contributed by atoms with E-state index in [1.807, 2.05) is 6.07 Å². The Bertz CT molecular complexity index is 403. The van der Waals surface area contributed by atoms with Crippen LogP contribution < -0.4 is 5.73 Å². The van der Waals surface area contributed by atoms with E-state index in [2.05, 4.69) is 15.9 Å². The van der Waals surface area contributed by atoms with Gasteiger partial charge in [0.05, 0.1) is 11.7 Å². The van der Waals surface area contributed by atoms with Gasteiger partial charge in [0.2, 0.25) is 0 Å². The third kappa shape index (κ3) is 2.73. The van der Waals surface area contributed by atoms with Crippen molar-refractivity contribution in [2.75, 3.05) is 11.1 Å². The number of benzene rings is 1. The highest BCUT2D eigenvalue weighted by molar-refractivity contribution is 9.09. The smallest absolute Gasteiger partial charge is 0.106 e. The van der Waals surface area contributed by atoms with Gasteiger partial charge in [0.1, 0.15) is 12.2 Å². The van der Waals surface area contributed by atoms with Crippen molar-refractivity contribution in [2.45, 2.75) is 18.6 Å². The van der Waals surface area contributed by atoms with Gasteiger partial charge in [-0.1, -0.05) is 28.1 Å². The van der Waals surface area contributed by atoms with E-state index in [1.54, 1.807) is 18.2 Å². The van der Waals surface area contributed by atoms with Gasteiger partial charge in [-0.05, 0) is 12.5 Å². The van der Waals surface area contributed by atoms with Gasteiger partial charge in [0.25, 0.3) is 0 Å². The minimum Gasteiger partial charge on any atom is -0.398 e. The minimum atomic E-state index is -1.09. The number of nitrogens with zero attached hydrogens (tertiary/aromatic N) is 1. The Labute approximate surface area is 102 Å². The summed E-state index contributed by atoms with van der Waals surface area (Å²) in [6, 6.07) is 6.77. The van der Waals surface area contributed by atoms with Gasteiger partial charge < -0.3 is 15.9 Å². The number of alkyl halides is 1. The van der Waals surface area contributed by atoms with Crippen LogP contribution in [0.3, 0.4) is 0 Å². The Kier molecular flexibility index (Phi) is 4.74. The molecule has 0 aliphatic heterocycles. The van der Waals surface area contributed by atoms with Crippen LogP contribution >= 0.6 is 15.9 Å². The number of rotatable bonds is 4. The third-order valence-electron chi connectivity index (χ3n) is 2.33. The quantitative estimate of drug-likeness (QED) is 0.575. The topological polar surface area (TPSA) is 90.3 Å².